The van der Waals surface area contributed by atoms with Crippen molar-refractivity contribution in [3.8, 4) is 0 Å². The molecule has 0 unspecified atom stereocenters. The van der Waals surface area contributed by atoms with Crippen LogP contribution in [0.3, 0.4) is 0 Å². The molecule has 1 aromatic rings. The Morgan fingerprint density at radius 2 is 2.07 bits per heavy atom. The summed E-state index contributed by atoms with van der Waals surface area (Å²) in [5.74, 6) is -0.812. The average molecular weight is 214 g/mol. The van der Waals surface area contributed by atoms with Crippen LogP contribution in [0.2, 0.25) is 0 Å². The van der Waals surface area contributed by atoms with Crippen LogP contribution in [-0.2, 0) is 16.4 Å². The molecule has 14 heavy (non-hydrogen) atoms. The zero-order valence-electron chi connectivity index (χ0n) is 7.49. The monoisotopic (exact) mass is 214 g/mol. The maximum atomic E-state index is 13.1. The fraction of sp³-hybridized carbons (Fsp3) is 0.250. The molecule has 0 saturated carbocycles. The largest absolute Gasteiger partial charge is 0.392 e. The van der Waals surface area contributed by atoms with Crippen LogP contribution >= 0.6 is 0 Å². The Morgan fingerprint density at radius 3 is 2.50 bits per heavy atom. The molecule has 1 aromatic carbocycles. The van der Waals surface area contributed by atoms with E-state index in [9.17, 15) is 12.8 Å². The van der Waals surface area contributed by atoms with Gasteiger partial charge < -0.3 is 5.11 Å². The Morgan fingerprint density at radius 1 is 1.50 bits per heavy atom. The highest BCUT2D eigenvalue weighted by Gasteiger charge is 2.16. The van der Waals surface area contributed by atoms with Gasteiger partial charge in [0.05, 0.1) is 11.5 Å². The van der Waals surface area contributed by atoms with Crippen molar-refractivity contribution >= 4 is 23.1 Å². The highest BCUT2D eigenvalue weighted by molar-refractivity contribution is 7.90. The van der Waals surface area contributed by atoms with Crippen LogP contribution in [-0.4, -0.2) is 27.6 Å². The fourth-order valence-electron chi connectivity index (χ4n) is 1.12. The molecule has 0 aromatic heterocycles. The van der Waals surface area contributed by atoms with Crippen LogP contribution in [0, 0.1) is 5.82 Å². The summed E-state index contributed by atoms with van der Waals surface area (Å²) >= 11 is 0. The van der Waals surface area contributed by atoms with Crippen molar-refractivity contribution in [3.05, 3.63) is 23.5 Å². The minimum absolute atomic E-state index is 0.0140. The highest BCUT2D eigenvalue weighted by atomic mass is 32.2. The first-order chi connectivity index (χ1) is 6.36. The lowest BCUT2D eigenvalue weighted by atomic mass is 9.95. The summed E-state index contributed by atoms with van der Waals surface area (Å²) < 4.78 is 35.5. The second-order valence-electron chi connectivity index (χ2n) is 2.91. The number of hydrogen-bond acceptors (Lipinski definition) is 3. The molecule has 3 nitrogen and oxygen atoms in total. The van der Waals surface area contributed by atoms with E-state index in [1.54, 1.807) is 0 Å². The Balaban J connectivity index is 3.56. The smallest absolute Gasteiger partial charge is 0.175 e. The molecule has 1 N–H and O–H groups in total. The van der Waals surface area contributed by atoms with Crippen molar-refractivity contribution < 1.29 is 17.9 Å². The highest BCUT2D eigenvalue weighted by Crippen LogP contribution is 2.17. The summed E-state index contributed by atoms with van der Waals surface area (Å²) in [4.78, 5) is -0.266. The third kappa shape index (κ3) is 2.13. The first-order valence-electron chi connectivity index (χ1n) is 3.75. The maximum absolute atomic E-state index is 13.1. The number of benzene rings is 1. The molecule has 0 aliphatic carbocycles. The van der Waals surface area contributed by atoms with Crippen LogP contribution < -0.4 is 5.46 Å². The van der Waals surface area contributed by atoms with Crippen molar-refractivity contribution in [3.63, 3.8) is 0 Å². The number of hydrogen-bond donors (Lipinski definition) is 1. The molecule has 0 saturated heterocycles. The molecular formula is C8H8BFO3S. The molecular weight excluding hydrogens is 206 g/mol. The summed E-state index contributed by atoms with van der Waals surface area (Å²) in [7, 11) is 1.72. The molecule has 0 fully saturated rings. The summed E-state index contributed by atoms with van der Waals surface area (Å²) in [5, 5.41) is 8.81. The first kappa shape index (κ1) is 11.2. The topological polar surface area (TPSA) is 54.4 Å². The minimum atomic E-state index is -3.57. The van der Waals surface area contributed by atoms with Gasteiger partial charge in [0.25, 0.3) is 0 Å². The van der Waals surface area contributed by atoms with Crippen molar-refractivity contribution in [1.82, 2.24) is 0 Å². The predicted octanol–water partition coefficient (Wildman–Crippen LogP) is -0.485. The van der Waals surface area contributed by atoms with Crippen LogP contribution in [0.4, 0.5) is 4.39 Å². The summed E-state index contributed by atoms with van der Waals surface area (Å²) in [6.07, 6.45) is 0.931. The van der Waals surface area contributed by atoms with E-state index in [1.807, 2.05) is 0 Å². The summed E-state index contributed by atoms with van der Waals surface area (Å²) in [5.41, 5.74) is -0.234. The Kier molecular flexibility index (Phi) is 2.96. The summed E-state index contributed by atoms with van der Waals surface area (Å²) in [6, 6.07) is 2.10. The van der Waals surface area contributed by atoms with E-state index in [1.165, 1.54) is 0 Å². The van der Waals surface area contributed by atoms with Gasteiger partial charge in [-0.1, -0.05) is 11.5 Å². The zero-order valence-corrected chi connectivity index (χ0v) is 8.31. The Bertz CT molecular complexity index is 456. The van der Waals surface area contributed by atoms with Crippen LogP contribution in [0.15, 0.2) is 17.0 Å². The zero-order chi connectivity index (χ0) is 10.9. The molecule has 6 heteroatoms. The van der Waals surface area contributed by atoms with Gasteiger partial charge in [0, 0.05) is 11.8 Å². The van der Waals surface area contributed by atoms with E-state index < -0.39 is 22.3 Å². The van der Waals surface area contributed by atoms with E-state index in [0.717, 1.165) is 18.4 Å². The van der Waals surface area contributed by atoms with Gasteiger partial charge in [0.2, 0.25) is 0 Å². The molecule has 0 heterocycles. The molecule has 1 rings (SSSR count). The quantitative estimate of drug-likeness (QED) is 0.676. The number of sulfone groups is 1. The Hall–Kier alpha value is -0.875. The molecule has 0 bridgehead atoms. The van der Waals surface area contributed by atoms with E-state index >= 15 is 0 Å². The molecule has 2 radical (unpaired) electrons. The lowest BCUT2D eigenvalue weighted by molar-refractivity contribution is 0.272. The van der Waals surface area contributed by atoms with Crippen molar-refractivity contribution in [2.24, 2.45) is 0 Å². The van der Waals surface area contributed by atoms with Gasteiger partial charge in [-0.3, -0.25) is 0 Å². The second-order valence-corrected chi connectivity index (χ2v) is 4.89. The SMILES string of the molecule is [B]c1cc(F)c(CO)c(S(C)(=O)=O)c1. The molecule has 0 spiro atoms. The lowest BCUT2D eigenvalue weighted by Gasteiger charge is -2.07. The normalized spacial score (nSPS) is 11.6. The lowest BCUT2D eigenvalue weighted by Crippen LogP contribution is -2.13. The van der Waals surface area contributed by atoms with Crippen molar-refractivity contribution in [1.29, 1.82) is 0 Å². The molecule has 0 aliphatic heterocycles. The second kappa shape index (κ2) is 3.71. The predicted molar refractivity (Wildman–Crippen MR) is 50.8 cm³/mol. The van der Waals surface area contributed by atoms with E-state index in [4.69, 9.17) is 13.0 Å². The molecule has 74 valence electrons. The van der Waals surface area contributed by atoms with Gasteiger partial charge in [0.1, 0.15) is 13.7 Å². The van der Waals surface area contributed by atoms with Gasteiger partial charge in [-0.05, 0) is 6.07 Å². The van der Waals surface area contributed by atoms with E-state index in [2.05, 4.69) is 0 Å². The van der Waals surface area contributed by atoms with Crippen molar-refractivity contribution in [2.45, 2.75) is 11.5 Å². The third-order valence-electron chi connectivity index (χ3n) is 1.73. The Labute approximate surface area is 82.9 Å². The third-order valence-corrected chi connectivity index (χ3v) is 2.90. The van der Waals surface area contributed by atoms with Gasteiger partial charge >= 0.3 is 0 Å². The van der Waals surface area contributed by atoms with E-state index in [-0.39, 0.29) is 15.9 Å². The van der Waals surface area contributed by atoms with Gasteiger partial charge in [-0.2, -0.15) is 0 Å². The van der Waals surface area contributed by atoms with Gasteiger partial charge in [-0.15, -0.1) is 0 Å². The number of aliphatic hydroxyl groups excluding tert-OH is 1. The first-order valence-corrected chi connectivity index (χ1v) is 5.64. The van der Waals surface area contributed by atoms with Crippen LogP contribution in [0.1, 0.15) is 5.56 Å². The average Bonchev–Trinajstić information content (AvgIpc) is 2.01. The minimum Gasteiger partial charge on any atom is -0.392 e. The van der Waals surface area contributed by atoms with Crippen LogP contribution in [0.25, 0.3) is 0 Å². The molecule has 0 atom stereocenters. The molecule has 0 amide bonds. The fourth-order valence-corrected chi connectivity index (χ4v) is 2.08. The van der Waals surface area contributed by atoms with Gasteiger partial charge in [-0.25, -0.2) is 12.8 Å². The molecule has 0 aliphatic rings. The van der Waals surface area contributed by atoms with E-state index in [0.29, 0.717) is 0 Å². The van der Waals surface area contributed by atoms with Crippen molar-refractivity contribution in [2.75, 3.05) is 6.26 Å². The van der Waals surface area contributed by atoms with Crippen LogP contribution in [0.5, 0.6) is 0 Å². The number of aliphatic hydroxyl groups is 1. The number of rotatable bonds is 2. The maximum Gasteiger partial charge on any atom is 0.175 e. The standard InChI is InChI=1S/C8H8BFO3S/c1-14(12,13)8-3-5(9)2-7(10)6(8)4-11/h2-3,11H,4H2,1H3. The summed E-state index contributed by atoms with van der Waals surface area (Å²) in [6.45, 7) is -0.672. The number of halogens is 1. The van der Waals surface area contributed by atoms with Gasteiger partial charge in [0.15, 0.2) is 9.84 Å².